The van der Waals surface area contributed by atoms with Gasteiger partial charge in [0.15, 0.2) is 0 Å². The van der Waals surface area contributed by atoms with Crippen molar-refractivity contribution in [2.75, 3.05) is 12.9 Å². The SMILES string of the molecule is COc1cc(C(O)CSC2CCCCC2)ccc1Cl. The van der Waals surface area contributed by atoms with Gasteiger partial charge in [0.25, 0.3) is 0 Å². The second kappa shape index (κ2) is 7.41. The molecule has 0 amide bonds. The standard InChI is InChI=1S/C15H21ClO2S/c1-18-15-9-11(7-8-13(15)16)14(17)10-19-12-5-3-2-4-6-12/h7-9,12,14,17H,2-6,10H2,1H3. The van der Waals surface area contributed by atoms with Crippen molar-refractivity contribution in [2.45, 2.75) is 43.5 Å². The molecule has 0 spiro atoms. The number of methoxy groups -OCH3 is 1. The minimum atomic E-state index is -0.446. The van der Waals surface area contributed by atoms with Gasteiger partial charge in [0.05, 0.1) is 18.2 Å². The number of ether oxygens (including phenoxy) is 1. The van der Waals surface area contributed by atoms with Crippen LogP contribution >= 0.6 is 23.4 Å². The Morgan fingerprint density at radius 3 is 2.79 bits per heavy atom. The monoisotopic (exact) mass is 300 g/mol. The first kappa shape index (κ1) is 15.0. The second-order valence-electron chi connectivity index (χ2n) is 5.00. The van der Waals surface area contributed by atoms with E-state index in [9.17, 15) is 5.11 Å². The number of rotatable bonds is 5. The van der Waals surface area contributed by atoms with Gasteiger partial charge in [0.1, 0.15) is 5.75 Å². The molecule has 1 saturated carbocycles. The third-order valence-corrected chi connectivity index (χ3v) is 5.37. The van der Waals surface area contributed by atoms with E-state index in [0.717, 1.165) is 16.6 Å². The fourth-order valence-electron chi connectivity index (χ4n) is 2.44. The Balaban J connectivity index is 1.89. The van der Waals surface area contributed by atoms with E-state index in [0.29, 0.717) is 10.8 Å². The Morgan fingerprint density at radius 1 is 1.37 bits per heavy atom. The molecule has 1 N–H and O–H groups in total. The molecule has 0 radical (unpaired) electrons. The van der Waals surface area contributed by atoms with Crippen molar-refractivity contribution in [2.24, 2.45) is 0 Å². The molecule has 0 aliphatic heterocycles. The molecule has 1 aromatic carbocycles. The average molecular weight is 301 g/mol. The van der Waals surface area contributed by atoms with Crippen molar-refractivity contribution in [3.63, 3.8) is 0 Å². The summed E-state index contributed by atoms with van der Waals surface area (Å²) in [6, 6.07) is 5.48. The molecule has 0 bridgehead atoms. The van der Waals surface area contributed by atoms with Crippen LogP contribution in [-0.2, 0) is 0 Å². The van der Waals surface area contributed by atoms with Crippen LogP contribution in [0.5, 0.6) is 5.75 Å². The molecule has 0 aromatic heterocycles. The van der Waals surface area contributed by atoms with Crippen LogP contribution in [0.4, 0.5) is 0 Å². The van der Waals surface area contributed by atoms with E-state index in [1.807, 2.05) is 23.9 Å². The third-order valence-electron chi connectivity index (χ3n) is 3.60. The van der Waals surface area contributed by atoms with Gasteiger partial charge in [-0.25, -0.2) is 0 Å². The van der Waals surface area contributed by atoms with Crippen LogP contribution in [0.3, 0.4) is 0 Å². The molecule has 106 valence electrons. The summed E-state index contributed by atoms with van der Waals surface area (Å²) in [4.78, 5) is 0. The van der Waals surface area contributed by atoms with E-state index < -0.39 is 6.10 Å². The summed E-state index contributed by atoms with van der Waals surface area (Å²) >= 11 is 7.88. The molecule has 1 aliphatic carbocycles. The summed E-state index contributed by atoms with van der Waals surface area (Å²) in [6.45, 7) is 0. The predicted octanol–water partition coefficient (Wildman–Crippen LogP) is 4.45. The smallest absolute Gasteiger partial charge is 0.137 e. The number of benzene rings is 1. The molecule has 4 heteroatoms. The Morgan fingerprint density at radius 2 is 2.11 bits per heavy atom. The fourth-order valence-corrected chi connectivity index (χ4v) is 3.95. The lowest BCUT2D eigenvalue weighted by Crippen LogP contribution is -2.11. The van der Waals surface area contributed by atoms with Gasteiger partial charge in [0.2, 0.25) is 0 Å². The quantitative estimate of drug-likeness (QED) is 0.871. The van der Waals surface area contributed by atoms with Gasteiger partial charge in [-0.2, -0.15) is 11.8 Å². The highest BCUT2D eigenvalue weighted by Gasteiger charge is 2.17. The molecule has 1 aliphatic rings. The third kappa shape index (κ3) is 4.30. The highest BCUT2D eigenvalue weighted by molar-refractivity contribution is 7.99. The lowest BCUT2D eigenvalue weighted by molar-refractivity contribution is 0.203. The van der Waals surface area contributed by atoms with Crippen molar-refractivity contribution in [1.29, 1.82) is 0 Å². The van der Waals surface area contributed by atoms with Crippen LogP contribution in [0.15, 0.2) is 18.2 Å². The number of aliphatic hydroxyl groups excluding tert-OH is 1. The average Bonchev–Trinajstić information content (AvgIpc) is 2.46. The number of thioether (sulfide) groups is 1. The van der Waals surface area contributed by atoms with Crippen LogP contribution < -0.4 is 4.74 Å². The number of halogens is 1. The predicted molar refractivity (Wildman–Crippen MR) is 82.3 cm³/mol. The molecule has 0 saturated heterocycles. The highest BCUT2D eigenvalue weighted by atomic mass is 35.5. The van der Waals surface area contributed by atoms with Gasteiger partial charge in [0, 0.05) is 11.0 Å². The van der Waals surface area contributed by atoms with Crippen LogP contribution in [0.2, 0.25) is 5.02 Å². The van der Waals surface area contributed by atoms with E-state index in [4.69, 9.17) is 16.3 Å². The van der Waals surface area contributed by atoms with Gasteiger partial charge in [-0.3, -0.25) is 0 Å². The molecule has 19 heavy (non-hydrogen) atoms. The van der Waals surface area contributed by atoms with Crippen LogP contribution in [0, 0.1) is 0 Å². The van der Waals surface area contributed by atoms with E-state index in [2.05, 4.69) is 0 Å². The zero-order chi connectivity index (χ0) is 13.7. The maximum atomic E-state index is 10.2. The van der Waals surface area contributed by atoms with Gasteiger partial charge >= 0.3 is 0 Å². The zero-order valence-corrected chi connectivity index (χ0v) is 12.8. The maximum absolute atomic E-state index is 10.2. The van der Waals surface area contributed by atoms with Crippen LogP contribution in [0.1, 0.15) is 43.8 Å². The second-order valence-corrected chi connectivity index (χ2v) is 6.74. The summed E-state index contributed by atoms with van der Waals surface area (Å²) < 4.78 is 5.18. The first-order valence-electron chi connectivity index (χ1n) is 6.84. The number of hydrogen-bond acceptors (Lipinski definition) is 3. The maximum Gasteiger partial charge on any atom is 0.137 e. The summed E-state index contributed by atoms with van der Waals surface area (Å²) in [5.74, 6) is 1.37. The van der Waals surface area contributed by atoms with Crippen molar-refractivity contribution < 1.29 is 9.84 Å². The van der Waals surface area contributed by atoms with Crippen molar-refractivity contribution >= 4 is 23.4 Å². The Labute approximate surface area is 124 Å². The number of aliphatic hydroxyl groups is 1. The molecule has 1 fully saturated rings. The largest absolute Gasteiger partial charge is 0.495 e. The molecule has 1 atom stereocenters. The summed E-state index contributed by atoms with van der Waals surface area (Å²) in [5, 5.41) is 11.5. The van der Waals surface area contributed by atoms with Crippen molar-refractivity contribution in [3.05, 3.63) is 28.8 Å². The van der Waals surface area contributed by atoms with Gasteiger partial charge < -0.3 is 9.84 Å². The zero-order valence-electron chi connectivity index (χ0n) is 11.3. The molecule has 0 heterocycles. The topological polar surface area (TPSA) is 29.5 Å². The Hall–Kier alpha value is -0.380. The lowest BCUT2D eigenvalue weighted by atomic mass is 10.0. The molecule has 2 rings (SSSR count). The summed E-state index contributed by atoms with van der Waals surface area (Å²) in [5.41, 5.74) is 0.879. The van der Waals surface area contributed by atoms with Crippen molar-refractivity contribution in [3.8, 4) is 5.75 Å². The van der Waals surface area contributed by atoms with E-state index in [-0.39, 0.29) is 0 Å². The molecule has 2 nitrogen and oxygen atoms in total. The number of hydrogen-bond donors (Lipinski definition) is 1. The molecular weight excluding hydrogens is 280 g/mol. The molecule has 1 aromatic rings. The summed E-state index contributed by atoms with van der Waals surface area (Å²) in [6.07, 6.45) is 6.18. The lowest BCUT2D eigenvalue weighted by Gasteiger charge is -2.22. The van der Waals surface area contributed by atoms with E-state index in [1.54, 1.807) is 13.2 Å². The minimum Gasteiger partial charge on any atom is -0.495 e. The fraction of sp³-hybridized carbons (Fsp3) is 0.600. The normalized spacial score (nSPS) is 18.3. The highest BCUT2D eigenvalue weighted by Crippen LogP contribution is 2.33. The van der Waals surface area contributed by atoms with E-state index >= 15 is 0 Å². The van der Waals surface area contributed by atoms with Gasteiger partial charge in [-0.05, 0) is 30.5 Å². The first-order valence-corrected chi connectivity index (χ1v) is 8.26. The molecule has 1 unspecified atom stereocenters. The van der Waals surface area contributed by atoms with E-state index in [1.165, 1.54) is 32.1 Å². The first-order chi connectivity index (χ1) is 9.20. The Bertz CT molecular complexity index is 405. The van der Waals surface area contributed by atoms with Gasteiger partial charge in [-0.15, -0.1) is 0 Å². The minimum absolute atomic E-state index is 0.446. The summed E-state index contributed by atoms with van der Waals surface area (Å²) in [7, 11) is 1.59. The molecular formula is C15H21ClO2S. The van der Waals surface area contributed by atoms with Gasteiger partial charge in [-0.1, -0.05) is 36.9 Å². The van der Waals surface area contributed by atoms with Crippen LogP contribution in [-0.4, -0.2) is 23.2 Å². The Kier molecular flexibility index (Phi) is 5.86. The van der Waals surface area contributed by atoms with Crippen LogP contribution in [0.25, 0.3) is 0 Å². The van der Waals surface area contributed by atoms with Crippen molar-refractivity contribution in [1.82, 2.24) is 0 Å².